The summed E-state index contributed by atoms with van der Waals surface area (Å²) >= 11 is 3.49. The molecule has 2 aliphatic rings. The number of carbonyl (C=O) groups is 2. The van der Waals surface area contributed by atoms with E-state index in [4.69, 9.17) is 4.74 Å². The first-order chi connectivity index (χ1) is 13.1. The van der Waals surface area contributed by atoms with Crippen molar-refractivity contribution < 1.29 is 14.3 Å². The molecule has 6 heteroatoms. The van der Waals surface area contributed by atoms with Crippen molar-refractivity contribution in [2.24, 2.45) is 0 Å². The van der Waals surface area contributed by atoms with Crippen molar-refractivity contribution in [3.8, 4) is 5.75 Å². The van der Waals surface area contributed by atoms with E-state index >= 15 is 0 Å². The molecule has 0 radical (unpaired) electrons. The molecular weight excluding hydrogens is 408 g/mol. The topological polar surface area (TPSA) is 49.9 Å². The minimum Gasteiger partial charge on any atom is -0.449 e. The summed E-state index contributed by atoms with van der Waals surface area (Å²) in [5, 5.41) is 0. The van der Waals surface area contributed by atoms with Crippen LogP contribution in [-0.2, 0) is 9.59 Å². The van der Waals surface area contributed by atoms with E-state index in [1.807, 2.05) is 47.4 Å². The molecule has 0 unspecified atom stereocenters. The molecule has 0 saturated carbocycles. The van der Waals surface area contributed by atoms with Crippen LogP contribution in [0.1, 0.15) is 18.4 Å². The highest BCUT2D eigenvalue weighted by Gasteiger charge is 2.33. The Kier molecular flexibility index (Phi) is 4.99. The monoisotopic (exact) mass is 426 g/mol. The van der Waals surface area contributed by atoms with Gasteiger partial charge < -0.3 is 9.64 Å². The van der Waals surface area contributed by atoms with Crippen molar-refractivity contribution in [1.29, 1.82) is 0 Å². The van der Waals surface area contributed by atoms with E-state index in [1.165, 1.54) is 4.90 Å². The van der Waals surface area contributed by atoms with Crippen molar-refractivity contribution in [2.45, 2.75) is 12.8 Å². The number of hydrogen-bond acceptors (Lipinski definition) is 3. The molecule has 5 nitrogen and oxygen atoms in total. The Morgan fingerprint density at radius 2 is 1.78 bits per heavy atom. The maximum absolute atomic E-state index is 13.1. The van der Waals surface area contributed by atoms with Gasteiger partial charge in [-0.2, -0.15) is 0 Å². The highest BCUT2D eigenvalue weighted by Crippen LogP contribution is 2.36. The van der Waals surface area contributed by atoms with Crippen molar-refractivity contribution in [3.63, 3.8) is 0 Å². The van der Waals surface area contributed by atoms with E-state index < -0.39 is 0 Å². The van der Waals surface area contributed by atoms with Gasteiger partial charge in [-0.25, -0.2) is 0 Å². The van der Waals surface area contributed by atoms with Crippen LogP contribution >= 0.6 is 15.9 Å². The molecule has 0 aliphatic carbocycles. The first-order valence-electron chi connectivity index (χ1n) is 8.96. The number of nitrogens with zero attached hydrogens (tertiary/aromatic N) is 2. The average Bonchev–Trinajstić information content (AvgIpc) is 3.21. The maximum atomic E-state index is 13.1. The molecule has 0 bridgehead atoms. The van der Waals surface area contributed by atoms with Crippen molar-refractivity contribution >= 4 is 39.5 Å². The SMILES string of the molecule is O=C(CN1C(=O)/C(=C\c2ccccc2Br)Oc2ccccc21)N1CCCC1. The van der Waals surface area contributed by atoms with Crippen LogP contribution in [0.25, 0.3) is 6.08 Å². The van der Waals surface area contributed by atoms with E-state index in [-0.39, 0.29) is 24.1 Å². The number of likely N-dealkylation sites (tertiary alicyclic amines) is 1. The molecule has 0 aromatic heterocycles. The molecule has 0 N–H and O–H groups in total. The lowest BCUT2D eigenvalue weighted by Crippen LogP contribution is -2.45. The molecule has 1 fully saturated rings. The van der Waals surface area contributed by atoms with Crippen LogP contribution in [-0.4, -0.2) is 36.3 Å². The van der Waals surface area contributed by atoms with E-state index in [2.05, 4.69) is 15.9 Å². The first kappa shape index (κ1) is 17.8. The van der Waals surface area contributed by atoms with Gasteiger partial charge in [0.25, 0.3) is 5.91 Å². The fourth-order valence-electron chi connectivity index (χ4n) is 3.35. The smallest absolute Gasteiger partial charge is 0.294 e. The van der Waals surface area contributed by atoms with Crippen LogP contribution in [0.15, 0.2) is 58.8 Å². The summed E-state index contributed by atoms with van der Waals surface area (Å²) < 4.78 is 6.73. The Morgan fingerprint density at radius 3 is 2.56 bits per heavy atom. The quantitative estimate of drug-likeness (QED) is 0.700. The van der Waals surface area contributed by atoms with E-state index in [9.17, 15) is 9.59 Å². The zero-order valence-electron chi connectivity index (χ0n) is 14.7. The molecule has 1 saturated heterocycles. The highest BCUT2D eigenvalue weighted by molar-refractivity contribution is 9.10. The predicted molar refractivity (Wildman–Crippen MR) is 107 cm³/mol. The Hall–Kier alpha value is -2.60. The summed E-state index contributed by atoms with van der Waals surface area (Å²) in [6.07, 6.45) is 3.74. The summed E-state index contributed by atoms with van der Waals surface area (Å²) in [5.41, 5.74) is 1.46. The molecule has 0 atom stereocenters. The minimum absolute atomic E-state index is 0.0203. The van der Waals surface area contributed by atoms with E-state index in [0.29, 0.717) is 11.4 Å². The fraction of sp³-hybridized carbons (Fsp3) is 0.238. The lowest BCUT2D eigenvalue weighted by Gasteiger charge is -2.31. The van der Waals surface area contributed by atoms with E-state index in [1.54, 1.807) is 12.1 Å². The Bertz CT molecular complexity index is 919. The van der Waals surface area contributed by atoms with Gasteiger partial charge in [-0.1, -0.05) is 46.3 Å². The number of benzene rings is 2. The van der Waals surface area contributed by atoms with E-state index in [0.717, 1.165) is 36.0 Å². The number of rotatable bonds is 3. The third kappa shape index (κ3) is 3.62. The number of anilines is 1. The van der Waals surface area contributed by atoms with Crippen LogP contribution < -0.4 is 9.64 Å². The molecule has 2 heterocycles. The third-order valence-electron chi connectivity index (χ3n) is 4.78. The number of hydrogen-bond donors (Lipinski definition) is 0. The zero-order valence-corrected chi connectivity index (χ0v) is 16.3. The molecule has 2 aromatic rings. The number of amides is 2. The average molecular weight is 427 g/mol. The number of fused-ring (bicyclic) bond motifs is 1. The van der Waals surface area contributed by atoms with Crippen molar-refractivity contribution in [3.05, 3.63) is 64.3 Å². The number of para-hydroxylation sites is 2. The Labute approximate surface area is 166 Å². The Balaban J connectivity index is 1.68. The normalized spacial score (nSPS) is 17.8. The summed E-state index contributed by atoms with van der Waals surface area (Å²) in [7, 11) is 0. The molecule has 27 heavy (non-hydrogen) atoms. The lowest BCUT2D eigenvalue weighted by atomic mass is 10.1. The second-order valence-corrected chi connectivity index (χ2v) is 7.43. The standard InChI is InChI=1S/C21H19BrN2O3/c22-16-8-2-1-7-15(16)13-19-21(26)24(14-20(25)23-11-5-6-12-23)17-9-3-4-10-18(17)27-19/h1-4,7-10,13H,5-6,11-12,14H2/b19-13+. The molecule has 138 valence electrons. The van der Waals surface area contributed by atoms with Gasteiger partial charge in [-0.05, 0) is 42.7 Å². The number of carbonyl (C=O) groups excluding carboxylic acids is 2. The molecule has 4 rings (SSSR count). The highest BCUT2D eigenvalue weighted by atomic mass is 79.9. The molecule has 0 spiro atoms. The predicted octanol–water partition coefficient (Wildman–Crippen LogP) is 3.84. The number of halogens is 1. The second-order valence-electron chi connectivity index (χ2n) is 6.58. The van der Waals surface area contributed by atoms with Gasteiger partial charge >= 0.3 is 0 Å². The van der Waals surface area contributed by atoms with Crippen LogP contribution in [0.4, 0.5) is 5.69 Å². The fourth-order valence-corrected chi connectivity index (χ4v) is 3.75. The third-order valence-corrected chi connectivity index (χ3v) is 5.50. The summed E-state index contributed by atoms with van der Waals surface area (Å²) in [6, 6.07) is 14.9. The van der Waals surface area contributed by atoms with Gasteiger partial charge in [0.05, 0.1) is 5.69 Å². The van der Waals surface area contributed by atoms with Gasteiger partial charge in [0.2, 0.25) is 5.91 Å². The summed E-state index contributed by atoms with van der Waals surface area (Å²) in [5.74, 6) is 0.439. The number of ether oxygens (including phenoxy) is 1. The summed E-state index contributed by atoms with van der Waals surface area (Å²) in [6.45, 7) is 1.55. The molecular formula is C21H19BrN2O3. The first-order valence-corrected chi connectivity index (χ1v) is 9.75. The van der Waals surface area contributed by atoms with Gasteiger partial charge in [0.1, 0.15) is 6.54 Å². The van der Waals surface area contributed by atoms with Gasteiger partial charge in [-0.15, -0.1) is 0 Å². The minimum atomic E-state index is -0.308. The van der Waals surface area contributed by atoms with Gasteiger partial charge in [0.15, 0.2) is 11.5 Å². The van der Waals surface area contributed by atoms with Gasteiger partial charge in [-0.3, -0.25) is 14.5 Å². The Morgan fingerprint density at radius 1 is 1.07 bits per heavy atom. The largest absolute Gasteiger partial charge is 0.449 e. The van der Waals surface area contributed by atoms with Crippen LogP contribution in [0.2, 0.25) is 0 Å². The van der Waals surface area contributed by atoms with Crippen molar-refractivity contribution in [2.75, 3.05) is 24.5 Å². The van der Waals surface area contributed by atoms with Crippen LogP contribution in [0, 0.1) is 0 Å². The van der Waals surface area contributed by atoms with Crippen molar-refractivity contribution in [1.82, 2.24) is 4.90 Å². The zero-order chi connectivity index (χ0) is 18.8. The van der Waals surface area contributed by atoms with Crippen LogP contribution in [0.3, 0.4) is 0 Å². The maximum Gasteiger partial charge on any atom is 0.294 e. The molecule has 2 aliphatic heterocycles. The van der Waals surface area contributed by atoms with Crippen LogP contribution in [0.5, 0.6) is 5.75 Å². The molecule has 2 aromatic carbocycles. The van der Waals surface area contributed by atoms with Gasteiger partial charge in [0, 0.05) is 17.6 Å². The summed E-state index contributed by atoms with van der Waals surface area (Å²) in [4.78, 5) is 29.1. The lowest BCUT2D eigenvalue weighted by molar-refractivity contribution is -0.130. The molecule has 2 amide bonds. The second kappa shape index (κ2) is 7.56.